The molecule has 6 heteroatoms. The third kappa shape index (κ3) is 3.94. The van der Waals surface area contributed by atoms with Crippen LogP contribution in [0.5, 0.6) is 0 Å². The molecular formula is C23H25N3O2S. The van der Waals surface area contributed by atoms with Gasteiger partial charge in [0, 0.05) is 6.54 Å². The molecule has 1 aliphatic rings. The molecule has 150 valence electrons. The molecule has 4 rings (SSSR count). The topological polar surface area (TPSA) is 64.0 Å². The van der Waals surface area contributed by atoms with Gasteiger partial charge < -0.3 is 5.32 Å². The molecule has 0 aliphatic heterocycles. The molecule has 0 saturated heterocycles. The Hall–Kier alpha value is -2.60. The van der Waals surface area contributed by atoms with E-state index in [2.05, 4.69) is 28.5 Å². The van der Waals surface area contributed by atoms with Gasteiger partial charge in [-0.25, -0.2) is 4.98 Å². The normalized spacial score (nSPS) is 17.0. The van der Waals surface area contributed by atoms with Crippen molar-refractivity contribution in [3.8, 4) is 0 Å². The van der Waals surface area contributed by atoms with E-state index in [1.807, 2.05) is 38.1 Å². The van der Waals surface area contributed by atoms with E-state index in [-0.39, 0.29) is 22.8 Å². The van der Waals surface area contributed by atoms with Crippen LogP contribution in [0.3, 0.4) is 0 Å². The molecule has 2 aromatic carbocycles. The molecule has 0 fully saturated rings. The van der Waals surface area contributed by atoms with Crippen LogP contribution < -0.4 is 10.9 Å². The Morgan fingerprint density at radius 3 is 2.83 bits per heavy atom. The summed E-state index contributed by atoms with van der Waals surface area (Å²) < 4.78 is 1.65. The van der Waals surface area contributed by atoms with Crippen LogP contribution in [0.15, 0.2) is 58.5 Å². The highest BCUT2D eigenvalue weighted by Crippen LogP contribution is 2.30. The highest BCUT2D eigenvalue weighted by Gasteiger charge is 2.25. The van der Waals surface area contributed by atoms with Crippen molar-refractivity contribution in [2.75, 3.05) is 0 Å². The summed E-state index contributed by atoms with van der Waals surface area (Å²) in [5.74, 6) is -0.0261. The van der Waals surface area contributed by atoms with Crippen LogP contribution in [-0.4, -0.2) is 20.7 Å². The molecule has 1 aliphatic carbocycles. The number of carbonyl (C=O) groups is 1. The van der Waals surface area contributed by atoms with Gasteiger partial charge in [-0.15, -0.1) is 0 Å². The Kier molecular flexibility index (Phi) is 5.72. The summed E-state index contributed by atoms with van der Waals surface area (Å²) in [4.78, 5) is 30.4. The predicted molar refractivity (Wildman–Crippen MR) is 117 cm³/mol. The number of para-hydroxylation sites is 1. The number of amides is 1. The summed E-state index contributed by atoms with van der Waals surface area (Å²) in [6.07, 6.45) is 3.09. The highest BCUT2D eigenvalue weighted by atomic mass is 32.2. The zero-order valence-electron chi connectivity index (χ0n) is 16.7. The summed E-state index contributed by atoms with van der Waals surface area (Å²) in [6.45, 7) is 4.31. The molecule has 0 unspecified atom stereocenters. The smallest absolute Gasteiger partial charge is 0.262 e. The first kappa shape index (κ1) is 19.7. The fraction of sp³-hybridized carbons (Fsp3) is 0.348. The van der Waals surface area contributed by atoms with Crippen molar-refractivity contribution < 1.29 is 4.79 Å². The molecule has 3 aromatic rings. The van der Waals surface area contributed by atoms with Crippen molar-refractivity contribution in [1.82, 2.24) is 14.9 Å². The second kappa shape index (κ2) is 8.41. The Morgan fingerprint density at radius 1 is 1.24 bits per heavy atom. The van der Waals surface area contributed by atoms with Gasteiger partial charge in [-0.2, -0.15) is 0 Å². The van der Waals surface area contributed by atoms with Gasteiger partial charge in [0.15, 0.2) is 5.16 Å². The van der Waals surface area contributed by atoms with Crippen molar-refractivity contribution in [2.45, 2.75) is 56.1 Å². The van der Waals surface area contributed by atoms with Gasteiger partial charge in [0.1, 0.15) is 0 Å². The van der Waals surface area contributed by atoms with Crippen molar-refractivity contribution in [3.05, 3.63) is 70.0 Å². The van der Waals surface area contributed by atoms with E-state index >= 15 is 0 Å². The highest BCUT2D eigenvalue weighted by molar-refractivity contribution is 8.00. The van der Waals surface area contributed by atoms with E-state index in [4.69, 9.17) is 0 Å². The van der Waals surface area contributed by atoms with Crippen LogP contribution >= 0.6 is 11.8 Å². The van der Waals surface area contributed by atoms with Crippen LogP contribution in [0.4, 0.5) is 0 Å². The first-order valence-electron chi connectivity index (χ1n) is 10.1. The summed E-state index contributed by atoms with van der Waals surface area (Å²) in [5.41, 5.74) is 3.15. The first-order valence-corrected chi connectivity index (χ1v) is 11.0. The van der Waals surface area contributed by atoms with Crippen LogP contribution in [-0.2, 0) is 17.8 Å². The number of hydrogen-bond donors (Lipinski definition) is 1. The maximum Gasteiger partial charge on any atom is 0.262 e. The second-order valence-electron chi connectivity index (χ2n) is 7.37. The first-order chi connectivity index (χ1) is 14.1. The number of fused-ring (bicyclic) bond motifs is 2. The van der Waals surface area contributed by atoms with Gasteiger partial charge in [-0.3, -0.25) is 14.2 Å². The van der Waals surface area contributed by atoms with Crippen molar-refractivity contribution >= 4 is 28.6 Å². The molecule has 0 radical (unpaired) electrons. The third-order valence-corrected chi connectivity index (χ3v) is 6.57. The summed E-state index contributed by atoms with van der Waals surface area (Å²) >= 11 is 1.34. The maximum atomic E-state index is 12.9. The molecule has 1 amide bonds. The lowest BCUT2D eigenvalue weighted by Crippen LogP contribution is -2.36. The molecule has 0 spiro atoms. The van der Waals surface area contributed by atoms with E-state index < -0.39 is 0 Å². The molecule has 1 aromatic heterocycles. The summed E-state index contributed by atoms with van der Waals surface area (Å²) in [7, 11) is 0. The predicted octanol–water partition coefficient (Wildman–Crippen LogP) is 4.09. The zero-order chi connectivity index (χ0) is 20.4. The van der Waals surface area contributed by atoms with E-state index in [9.17, 15) is 9.59 Å². The summed E-state index contributed by atoms with van der Waals surface area (Å²) in [5, 5.41) is 4.05. The minimum absolute atomic E-state index is 0.0261. The minimum atomic E-state index is -0.352. The van der Waals surface area contributed by atoms with E-state index in [1.165, 1.54) is 22.9 Å². The number of nitrogens with one attached hydrogen (secondary N) is 1. The van der Waals surface area contributed by atoms with Crippen LogP contribution in [0.25, 0.3) is 10.9 Å². The molecule has 1 N–H and O–H groups in total. The molecule has 2 atom stereocenters. The Labute approximate surface area is 174 Å². The van der Waals surface area contributed by atoms with Crippen molar-refractivity contribution in [3.63, 3.8) is 0 Å². The van der Waals surface area contributed by atoms with Gasteiger partial charge in [0.05, 0.1) is 22.2 Å². The monoisotopic (exact) mass is 407 g/mol. The van der Waals surface area contributed by atoms with Gasteiger partial charge >= 0.3 is 0 Å². The number of hydrogen-bond acceptors (Lipinski definition) is 4. The van der Waals surface area contributed by atoms with E-state index in [1.54, 1.807) is 10.6 Å². The fourth-order valence-electron chi connectivity index (χ4n) is 3.92. The third-order valence-electron chi connectivity index (χ3n) is 5.48. The van der Waals surface area contributed by atoms with Gasteiger partial charge in [0.2, 0.25) is 5.91 Å². The van der Waals surface area contributed by atoms with Gasteiger partial charge in [-0.1, -0.05) is 48.2 Å². The number of aromatic nitrogens is 2. The molecule has 5 nitrogen and oxygen atoms in total. The molecule has 1 heterocycles. The van der Waals surface area contributed by atoms with Crippen molar-refractivity contribution in [1.29, 1.82) is 0 Å². The van der Waals surface area contributed by atoms with E-state index in [0.717, 1.165) is 19.3 Å². The fourth-order valence-corrected chi connectivity index (χ4v) is 4.90. The second-order valence-corrected chi connectivity index (χ2v) is 8.68. The number of aryl methyl sites for hydroxylation is 1. The SMILES string of the molecule is CCn1c(S[C@@H](C)C(=O)N[C@@H]2CCCc3ccccc32)nc2ccccc2c1=O. The number of nitrogens with zero attached hydrogens (tertiary/aromatic N) is 2. The number of thioether (sulfide) groups is 1. The van der Waals surface area contributed by atoms with Crippen LogP contribution in [0.2, 0.25) is 0 Å². The molecule has 0 bridgehead atoms. The summed E-state index contributed by atoms with van der Waals surface area (Å²) in [6, 6.07) is 15.7. The van der Waals surface area contributed by atoms with Crippen LogP contribution in [0.1, 0.15) is 43.9 Å². The molecule has 0 saturated carbocycles. The van der Waals surface area contributed by atoms with E-state index in [0.29, 0.717) is 22.6 Å². The number of carbonyl (C=O) groups excluding carboxylic acids is 1. The average molecular weight is 408 g/mol. The Morgan fingerprint density at radius 2 is 2.00 bits per heavy atom. The Balaban J connectivity index is 1.55. The lowest BCUT2D eigenvalue weighted by molar-refractivity contribution is -0.121. The Bertz CT molecular complexity index is 1110. The lowest BCUT2D eigenvalue weighted by Gasteiger charge is -2.27. The van der Waals surface area contributed by atoms with Gasteiger partial charge in [-0.05, 0) is 56.4 Å². The standard InChI is InChI=1S/C23H25N3O2S/c1-3-26-22(28)18-12-6-7-13-20(18)25-23(26)29-15(2)21(27)24-19-14-8-10-16-9-4-5-11-17(16)19/h4-7,9,11-13,15,19H,3,8,10,14H2,1-2H3,(H,24,27)/t15-,19+/m0/s1. The number of benzene rings is 2. The van der Waals surface area contributed by atoms with Crippen LogP contribution in [0, 0.1) is 0 Å². The average Bonchev–Trinajstić information content (AvgIpc) is 2.74. The molecular weight excluding hydrogens is 382 g/mol. The quantitative estimate of drug-likeness (QED) is 0.511. The lowest BCUT2D eigenvalue weighted by atomic mass is 9.88. The largest absolute Gasteiger partial charge is 0.348 e. The van der Waals surface area contributed by atoms with Crippen molar-refractivity contribution in [2.24, 2.45) is 0 Å². The molecule has 29 heavy (non-hydrogen) atoms. The van der Waals surface area contributed by atoms with Gasteiger partial charge in [0.25, 0.3) is 5.56 Å². The maximum absolute atomic E-state index is 12.9. The number of rotatable bonds is 5. The zero-order valence-corrected chi connectivity index (χ0v) is 17.5. The minimum Gasteiger partial charge on any atom is -0.348 e.